The molecule has 2 heteroatoms. The molecule has 1 fully saturated rings. The summed E-state index contributed by atoms with van der Waals surface area (Å²) in [5, 5.41) is 7.15. The minimum Gasteiger partial charge on any atom is -0.315 e. The van der Waals surface area contributed by atoms with E-state index in [1.54, 1.807) is 0 Å². The van der Waals surface area contributed by atoms with Gasteiger partial charge in [-0.3, -0.25) is 0 Å². The van der Waals surface area contributed by atoms with Crippen LogP contribution >= 0.6 is 0 Å². The second-order valence-electron chi connectivity index (χ2n) is 5.41. The first-order valence-corrected chi connectivity index (χ1v) is 7.53. The summed E-state index contributed by atoms with van der Waals surface area (Å²) in [6.45, 7) is 3.28. The van der Waals surface area contributed by atoms with Gasteiger partial charge in [-0.25, -0.2) is 0 Å². The van der Waals surface area contributed by atoms with Gasteiger partial charge < -0.3 is 10.6 Å². The van der Waals surface area contributed by atoms with Gasteiger partial charge in [0.1, 0.15) is 0 Å². The molecule has 2 nitrogen and oxygen atoms in total. The Morgan fingerprint density at radius 1 is 0.750 bits per heavy atom. The Balaban J connectivity index is 1.75. The van der Waals surface area contributed by atoms with Crippen molar-refractivity contribution in [3.63, 3.8) is 0 Å². The van der Waals surface area contributed by atoms with Crippen molar-refractivity contribution in [2.24, 2.45) is 0 Å². The molecule has 1 heterocycles. The van der Waals surface area contributed by atoms with E-state index in [2.05, 4.69) is 65.2 Å². The fourth-order valence-electron chi connectivity index (χ4n) is 2.74. The second-order valence-corrected chi connectivity index (χ2v) is 5.41. The third-order valence-corrected chi connectivity index (χ3v) is 3.94. The van der Waals surface area contributed by atoms with Gasteiger partial charge in [0.05, 0.1) is 0 Å². The highest BCUT2D eigenvalue weighted by Crippen LogP contribution is 2.22. The average molecular weight is 266 g/mol. The standard InChI is InChI=1S/C18H22N2/c1-2-6-15(7-3-1)16-8-10-17(11-9-16)18-14-19-12-4-5-13-20-18/h1-3,6-11,18-20H,4-5,12-14H2. The van der Waals surface area contributed by atoms with E-state index in [0.717, 1.165) is 19.6 Å². The van der Waals surface area contributed by atoms with Crippen molar-refractivity contribution in [3.05, 3.63) is 60.2 Å². The second kappa shape index (κ2) is 6.69. The molecule has 1 saturated heterocycles. The monoisotopic (exact) mass is 266 g/mol. The van der Waals surface area contributed by atoms with Crippen LogP contribution in [0.5, 0.6) is 0 Å². The van der Waals surface area contributed by atoms with Gasteiger partial charge in [0.25, 0.3) is 0 Å². The van der Waals surface area contributed by atoms with E-state index in [1.165, 1.54) is 29.5 Å². The maximum absolute atomic E-state index is 3.63. The van der Waals surface area contributed by atoms with E-state index in [1.807, 2.05) is 0 Å². The van der Waals surface area contributed by atoms with Gasteiger partial charge in [-0.2, -0.15) is 0 Å². The quantitative estimate of drug-likeness (QED) is 0.871. The molecule has 0 saturated carbocycles. The lowest BCUT2D eigenvalue weighted by atomic mass is 10.00. The molecule has 2 aromatic rings. The van der Waals surface area contributed by atoms with Crippen molar-refractivity contribution in [3.8, 4) is 11.1 Å². The lowest BCUT2D eigenvalue weighted by Crippen LogP contribution is -2.35. The third-order valence-electron chi connectivity index (χ3n) is 3.94. The van der Waals surface area contributed by atoms with Crippen LogP contribution in [0.4, 0.5) is 0 Å². The maximum Gasteiger partial charge on any atom is 0.0446 e. The highest BCUT2D eigenvalue weighted by atomic mass is 15.0. The largest absolute Gasteiger partial charge is 0.315 e. The summed E-state index contributed by atoms with van der Waals surface area (Å²) < 4.78 is 0. The van der Waals surface area contributed by atoms with Crippen molar-refractivity contribution < 1.29 is 0 Å². The van der Waals surface area contributed by atoms with Crippen molar-refractivity contribution in [1.82, 2.24) is 10.6 Å². The Hall–Kier alpha value is -1.64. The van der Waals surface area contributed by atoms with Crippen molar-refractivity contribution >= 4 is 0 Å². The third kappa shape index (κ3) is 3.27. The first-order chi connectivity index (χ1) is 9.93. The van der Waals surface area contributed by atoms with Gasteiger partial charge in [0.2, 0.25) is 0 Å². The Labute approximate surface area is 121 Å². The summed E-state index contributed by atoms with van der Waals surface area (Å²) in [7, 11) is 0. The Morgan fingerprint density at radius 3 is 2.25 bits per heavy atom. The molecule has 1 aliphatic heterocycles. The normalized spacial score (nSPS) is 20.1. The molecule has 2 aromatic carbocycles. The minimum atomic E-state index is 0.431. The van der Waals surface area contributed by atoms with Crippen molar-refractivity contribution in [1.29, 1.82) is 0 Å². The summed E-state index contributed by atoms with van der Waals surface area (Å²) in [6, 6.07) is 19.9. The predicted molar refractivity (Wildman–Crippen MR) is 84.7 cm³/mol. The summed E-state index contributed by atoms with van der Waals surface area (Å²) >= 11 is 0. The van der Waals surface area contributed by atoms with Crippen LogP contribution in [0, 0.1) is 0 Å². The number of benzene rings is 2. The first kappa shape index (κ1) is 13.3. The smallest absolute Gasteiger partial charge is 0.0446 e. The molecule has 20 heavy (non-hydrogen) atoms. The zero-order valence-corrected chi connectivity index (χ0v) is 11.8. The van der Waals surface area contributed by atoms with E-state index in [9.17, 15) is 0 Å². The minimum absolute atomic E-state index is 0.431. The van der Waals surface area contributed by atoms with E-state index in [4.69, 9.17) is 0 Å². The van der Waals surface area contributed by atoms with Gasteiger partial charge >= 0.3 is 0 Å². The fraction of sp³-hybridized carbons (Fsp3) is 0.333. The first-order valence-electron chi connectivity index (χ1n) is 7.53. The number of rotatable bonds is 2. The van der Waals surface area contributed by atoms with Crippen LogP contribution in [0.2, 0.25) is 0 Å². The van der Waals surface area contributed by atoms with Gasteiger partial charge in [-0.1, -0.05) is 54.6 Å². The van der Waals surface area contributed by atoms with Crippen LogP contribution < -0.4 is 10.6 Å². The average Bonchev–Trinajstić information content (AvgIpc) is 2.48. The number of nitrogens with one attached hydrogen (secondary N) is 2. The Kier molecular flexibility index (Phi) is 4.46. The van der Waals surface area contributed by atoms with Crippen molar-refractivity contribution in [2.45, 2.75) is 18.9 Å². The molecular formula is C18H22N2. The van der Waals surface area contributed by atoms with Crippen LogP contribution in [0.25, 0.3) is 11.1 Å². The van der Waals surface area contributed by atoms with Crippen LogP contribution in [-0.4, -0.2) is 19.6 Å². The highest BCUT2D eigenvalue weighted by Gasteiger charge is 2.12. The molecule has 0 aromatic heterocycles. The molecule has 0 radical (unpaired) electrons. The van der Waals surface area contributed by atoms with Gasteiger partial charge in [-0.15, -0.1) is 0 Å². The molecular weight excluding hydrogens is 244 g/mol. The van der Waals surface area contributed by atoms with E-state index in [0.29, 0.717) is 6.04 Å². The molecule has 1 atom stereocenters. The van der Waals surface area contributed by atoms with Crippen LogP contribution in [0.15, 0.2) is 54.6 Å². The topological polar surface area (TPSA) is 24.1 Å². The van der Waals surface area contributed by atoms with Gasteiger partial charge in [0.15, 0.2) is 0 Å². The zero-order valence-electron chi connectivity index (χ0n) is 11.8. The van der Waals surface area contributed by atoms with Crippen LogP contribution in [0.3, 0.4) is 0 Å². The predicted octanol–water partition coefficient (Wildman–Crippen LogP) is 3.37. The molecule has 1 aliphatic rings. The molecule has 0 spiro atoms. The summed E-state index contributed by atoms with van der Waals surface area (Å²) in [6.07, 6.45) is 2.53. The summed E-state index contributed by atoms with van der Waals surface area (Å²) in [5.41, 5.74) is 3.94. The number of hydrogen-bond donors (Lipinski definition) is 2. The maximum atomic E-state index is 3.63. The van der Waals surface area contributed by atoms with Crippen LogP contribution in [0.1, 0.15) is 24.4 Å². The summed E-state index contributed by atoms with van der Waals surface area (Å²) in [5.74, 6) is 0. The fourth-order valence-corrected chi connectivity index (χ4v) is 2.74. The molecule has 1 unspecified atom stereocenters. The zero-order chi connectivity index (χ0) is 13.6. The lowest BCUT2D eigenvalue weighted by Gasteiger charge is -2.22. The highest BCUT2D eigenvalue weighted by molar-refractivity contribution is 5.63. The SMILES string of the molecule is c1ccc(-c2ccc(C3CNCCCCN3)cc2)cc1. The molecule has 3 rings (SSSR count). The van der Waals surface area contributed by atoms with Gasteiger partial charge in [-0.05, 0) is 42.6 Å². The molecule has 0 amide bonds. The van der Waals surface area contributed by atoms with Crippen LogP contribution in [-0.2, 0) is 0 Å². The van der Waals surface area contributed by atoms with Gasteiger partial charge in [0, 0.05) is 12.6 Å². The van der Waals surface area contributed by atoms with Crippen molar-refractivity contribution in [2.75, 3.05) is 19.6 Å². The van der Waals surface area contributed by atoms with E-state index < -0.39 is 0 Å². The molecule has 104 valence electrons. The van der Waals surface area contributed by atoms with E-state index >= 15 is 0 Å². The molecule has 0 bridgehead atoms. The molecule has 2 N–H and O–H groups in total. The molecule has 0 aliphatic carbocycles. The Morgan fingerprint density at radius 2 is 1.45 bits per heavy atom. The summed E-state index contributed by atoms with van der Waals surface area (Å²) in [4.78, 5) is 0. The van der Waals surface area contributed by atoms with E-state index in [-0.39, 0.29) is 0 Å². The Bertz CT molecular complexity index is 511. The lowest BCUT2D eigenvalue weighted by molar-refractivity contribution is 0.442. The number of hydrogen-bond acceptors (Lipinski definition) is 2.